The Kier molecular flexibility index (Phi) is 4.33. The Morgan fingerprint density at radius 3 is 2.88 bits per heavy atom. The van der Waals surface area contributed by atoms with Crippen molar-refractivity contribution in [2.45, 2.75) is 6.92 Å². The molecular formula is C13H16N2O. The van der Waals surface area contributed by atoms with E-state index in [-0.39, 0.29) is 5.56 Å². The second-order valence-electron chi connectivity index (χ2n) is 3.24. The van der Waals surface area contributed by atoms with Crippen molar-refractivity contribution in [1.29, 1.82) is 0 Å². The van der Waals surface area contributed by atoms with Gasteiger partial charge in [0.05, 0.1) is 0 Å². The minimum atomic E-state index is -0.121. The van der Waals surface area contributed by atoms with Gasteiger partial charge in [-0.05, 0) is 18.6 Å². The molecule has 2 N–H and O–H groups in total. The van der Waals surface area contributed by atoms with Crippen molar-refractivity contribution < 1.29 is 0 Å². The van der Waals surface area contributed by atoms with Crippen LogP contribution in [0.2, 0.25) is 0 Å². The summed E-state index contributed by atoms with van der Waals surface area (Å²) in [6.07, 6.45) is 9.22. The van der Waals surface area contributed by atoms with Crippen molar-refractivity contribution in [3.63, 3.8) is 0 Å². The molecule has 16 heavy (non-hydrogen) atoms. The van der Waals surface area contributed by atoms with Gasteiger partial charge in [-0.15, -0.1) is 0 Å². The highest BCUT2D eigenvalue weighted by molar-refractivity contribution is 5.76. The highest BCUT2D eigenvalue weighted by atomic mass is 16.1. The first kappa shape index (κ1) is 12.0. The highest BCUT2D eigenvalue weighted by Gasteiger charge is 2.01. The third-order valence-electron chi connectivity index (χ3n) is 2.15. The zero-order valence-corrected chi connectivity index (χ0v) is 9.58. The predicted octanol–water partition coefficient (Wildman–Crippen LogP) is 2.56. The van der Waals surface area contributed by atoms with E-state index in [4.69, 9.17) is 0 Å². The van der Waals surface area contributed by atoms with E-state index < -0.39 is 0 Å². The first-order chi connectivity index (χ1) is 7.72. The number of H-pyrrole nitrogens is 1. The van der Waals surface area contributed by atoms with Crippen LogP contribution in [0.5, 0.6) is 0 Å². The summed E-state index contributed by atoms with van der Waals surface area (Å²) in [5.74, 6) is 0. The Morgan fingerprint density at radius 2 is 2.31 bits per heavy atom. The lowest BCUT2D eigenvalue weighted by Gasteiger charge is -2.04. The summed E-state index contributed by atoms with van der Waals surface area (Å²) in [7, 11) is 1.72. The van der Waals surface area contributed by atoms with Gasteiger partial charge < -0.3 is 10.3 Å². The minimum absolute atomic E-state index is 0.121. The number of allylic oxidation sites excluding steroid dienone is 5. The standard InChI is InChI=1S/C13H16N2O/c1-4-6-10(7-5-2)11-8-12(14-3)13(16)15-9-11/h4-9,14H,1H2,2-3H3,(H,15,16)/b7-5-,10-6+. The molecule has 0 unspecified atom stereocenters. The van der Waals surface area contributed by atoms with Crippen molar-refractivity contribution in [2.75, 3.05) is 12.4 Å². The molecule has 0 radical (unpaired) electrons. The fourth-order valence-electron chi connectivity index (χ4n) is 1.39. The fourth-order valence-corrected chi connectivity index (χ4v) is 1.39. The molecule has 84 valence electrons. The number of pyridine rings is 1. The second kappa shape index (κ2) is 5.75. The van der Waals surface area contributed by atoms with Crippen LogP contribution in [0.4, 0.5) is 5.69 Å². The van der Waals surface area contributed by atoms with Gasteiger partial charge in [0, 0.05) is 18.8 Å². The van der Waals surface area contributed by atoms with Crippen molar-refractivity contribution >= 4 is 11.3 Å². The maximum atomic E-state index is 11.4. The van der Waals surface area contributed by atoms with Gasteiger partial charge in [0.1, 0.15) is 5.69 Å². The molecule has 0 aliphatic heterocycles. The predicted molar refractivity (Wildman–Crippen MR) is 69.6 cm³/mol. The second-order valence-corrected chi connectivity index (χ2v) is 3.24. The largest absolute Gasteiger partial charge is 0.384 e. The van der Waals surface area contributed by atoms with Crippen LogP contribution < -0.4 is 10.9 Å². The molecule has 0 fully saturated rings. The molecule has 0 atom stereocenters. The Morgan fingerprint density at radius 1 is 1.56 bits per heavy atom. The van der Waals surface area contributed by atoms with Gasteiger partial charge in [-0.2, -0.15) is 0 Å². The van der Waals surface area contributed by atoms with Gasteiger partial charge in [0.25, 0.3) is 5.56 Å². The van der Waals surface area contributed by atoms with E-state index in [0.717, 1.165) is 11.1 Å². The maximum absolute atomic E-state index is 11.4. The van der Waals surface area contributed by atoms with E-state index in [2.05, 4.69) is 16.9 Å². The Bertz CT molecular complexity index is 481. The molecule has 0 aliphatic carbocycles. The van der Waals surface area contributed by atoms with Crippen molar-refractivity contribution in [1.82, 2.24) is 4.98 Å². The quantitative estimate of drug-likeness (QED) is 0.760. The molecule has 1 rings (SSSR count). The summed E-state index contributed by atoms with van der Waals surface area (Å²) >= 11 is 0. The molecule has 1 aromatic heterocycles. The van der Waals surface area contributed by atoms with Crippen LogP contribution in [-0.4, -0.2) is 12.0 Å². The number of anilines is 1. The average Bonchev–Trinajstić information content (AvgIpc) is 2.29. The fraction of sp³-hybridized carbons (Fsp3) is 0.154. The summed E-state index contributed by atoms with van der Waals surface area (Å²) in [5.41, 5.74) is 2.38. The topological polar surface area (TPSA) is 44.9 Å². The number of hydrogen-bond donors (Lipinski definition) is 2. The zero-order chi connectivity index (χ0) is 12.0. The normalized spacial score (nSPS) is 11.8. The monoisotopic (exact) mass is 216 g/mol. The molecular weight excluding hydrogens is 200 g/mol. The highest BCUT2D eigenvalue weighted by Crippen LogP contribution is 2.16. The van der Waals surface area contributed by atoms with Crippen molar-refractivity contribution in [3.05, 3.63) is 59.1 Å². The SMILES string of the molecule is C=C/C=C(\C=C/C)c1c[nH]c(=O)c(NC)c1. The van der Waals surface area contributed by atoms with E-state index in [9.17, 15) is 4.79 Å². The van der Waals surface area contributed by atoms with Crippen molar-refractivity contribution in [2.24, 2.45) is 0 Å². The first-order valence-corrected chi connectivity index (χ1v) is 5.09. The molecule has 1 aromatic rings. The van der Waals surface area contributed by atoms with Crippen LogP contribution >= 0.6 is 0 Å². The van der Waals surface area contributed by atoms with Gasteiger partial charge >= 0.3 is 0 Å². The molecule has 0 saturated heterocycles. The van der Waals surface area contributed by atoms with Crippen LogP contribution in [-0.2, 0) is 0 Å². The van der Waals surface area contributed by atoms with Crippen LogP contribution in [0.1, 0.15) is 12.5 Å². The van der Waals surface area contributed by atoms with Gasteiger partial charge in [-0.1, -0.05) is 30.9 Å². The van der Waals surface area contributed by atoms with Crippen LogP contribution in [0.25, 0.3) is 5.57 Å². The molecule has 1 heterocycles. The van der Waals surface area contributed by atoms with Gasteiger partial charge in [0.15, 0.2) is 0 Å². The number of aromatic nitrogens is 1. The minimum Gasteiger partial charge on any atom is -0.384 e. The molecule has 0 saturated carbocycles. The molecule has 3 heteroatoms. The Hall–Kier alpha value is -2.03. The lowest BCUT2D eigenvalue weighted by Crippen LogP contribution is -2.11. The van der Waals surface area contributed by atoms with E-state index in [1.54, 1.807) is 19.3 Å². The Balaban J connectivity index is 3.26. The molecule has 0 spiro atoms. The third kappa shape index (κ3) is 2.73. The lowest BCUT2D eigenvalue weighted by atomic mass is 10.1. The molecule has 0 aliphatic rings. The van der Waals surface area contributed by atoms with Gasteiger partial charge in [0.2, 0.25) is 0 Å². The van der Waals surface area contributed by atoms with Crippen molar-refractivity contribution in [3.8, 4) is 0 Å². The molecule has 0 amide bonds. The van der Waals surface area contributed by atoms with Crippen LogP contribution in [0.15, 0.2) is 47.9 Å². The van der Waals surface area contributed by atoms with Gasteiger partial charge in [-0.25, -0.2) is 0 Å². The number of aromatic amines is 1. The maximum Gasteiger partial charge on any atom is 0.271 e. The first-order valence-electron chi connectivity index (χ1n) is 5.09. The van der Waals surface area contributed by atoms with E-state index in [1.807, 2.05) is 31.2 Å². The Labute approximate surface area is 95.2 Å². The van der Waals surface area contributed by atoms with Gasteiger partial charge in [-0.3, -0.25) is 4.79 Å². The summed E-state index contributed by atoms with van der Waals surface area (Å²) in [6, 6.07) is 1.81. The smallest absolute Gasteiger partial charge is 0.271 e. The zero-order valence-electron chi connectivity index (χ0n) is 9.58. The number of nitrogens with one attached hydrogen (secondary N) is 2. The molecule has 0 bridgehead atoms. The van der Waals surface area contributed by atoms with Crippen LogP contribution in [0.3, 0.4) is 0 Å². The lowest BCUT2D eigenvalue weighted by molar-refractivity contribution is 1.22. The summed E-state index contributed by atoms with van der Waals surface area (Å²) in [4.78, 5) is 14.1. The average molecular weight is 216 g/mol. The van der Waals surface area contributed by atoms with E-state index in [0.29, 0.717) is 5.69 Å². The van der Waals surface area contributed by atoms with Crippen LogP contribution in [0, 0.1) is 0 Å². The molecule has 0 aromatic carbocycles. The molecule has 3 nitrogen and oxygen atoms in total. The number of rotatable bonds is 4. The summed E-state index contributed by atoms with van der Waals surface area (Å²) in [5, 5.41) is 2.85. The van der Waals surface area contributed by atoms with E-state index in [1.165, 1.54) is 0 Å². The number of hydrogen-bond acceptors (Lipinski definition) is 2. The van der Waals surface area contributed by atoms with E-state index >= 15 is 0 Å². The summed E-state index contributed by atoms with van der Waals surface area (Å²) < 4.78 is 0. The third-order valence-corrected chi connectivity index (χ3v) is 2.15. The summed E-state index contributed by atoms with van der Waals surface area (Å²) in [6.45, 7) is 5.62.